The molecule has 0 atom stereocenters. The maximum Gasteiger partial charge on any atom is 0.342 e. The molecule has 9 heteroatoms. The first-order valence-corrected chi connectivity index (χ1v) is 9.38. The third kappa shape index (κ3) is 4.83. The van der Waals surface area contributed by atoms with Crippen molar-refractivity contribution >= 4 is 39.0 Å². The molecule has 134 valence electrons. The Morgan fingerprint density at radius 2 is 1.92 bits per heavy atom. The molecule has 1 N–H and O–H groups in total. The summed E-state index contributed by atoms with van der Waals surface area (Å²) < 4.78 is 33.3. The molecule has 0 aliphatic heterocycles. The molecule has 0 aliphatic carbocycles. The van der Waals surface area contributed by atoms with E-state index >= 15 is 0 Å². The molecule has 0 bridgehead atoms. The van der Waals surface area contributed by atoms with Crippen molar-refractivity contribution in [3.63, 3.8) is 0 Å². The lowest BCUT2D eigenvalue weighted by Gasteiger charge is -2.09. The first kappa shape index (κ1) is 19.0. The smallest absolute Gasteiger partial charge is 0.342 e. The summed E-state index contributed by atoms with van der Waals surface area (Å²) in [7, 11) is -3.45. The van der Waals surface area contributed by atoms with E-state index in [-0.39, 0.29) is 21.2 Å². The summed E-state index contributed by atoms with van der Waals surface area (Å²) >= 11 is 5.94. The zero-order chi connectivity index (χ0) is 18.8. The summed E-state index contributed by atoms with van der Waals surface area (Å²) in [5.74, 6) is -0.399. The van der Waals surface area contributed by atoms with Crippen LogP contribution in [0.25, 0.3) is 0 Å². The SMILES string of the molecule is Cc1cc(C(=O)OCC(=O)Nc2cc(S(C)(=O)=O)ccc2Cl)c(C)o1. The molecule has 0 saturated carbocycles. The lowest BCUT2D eigenvalue weighted by atomic mass is 10.2. The molecule has 1 aromatic heterocycles. The fraction of sp³-hybridized carbons (Fsp3) is 0.250. The Morgan fingerprint density at radius 1 is 1.24 bits per heavy atom. The van der Waals surface area contributed by atoms with Gasteiger partial charge in [-0.15, -0.1) is 0 Å². The van der Waals surface area contributed by atoms with E-state index in [4.69, 9.17) is 20.8 Å². The van der Waals surface area contributed by atoms with Crippen molar-refractivity contribution in [1.29, 1.82) is 0 Å². The van der Waals surface area contributed by atoms with Crippen LogP contribution in [-0.4, -0.2) is 33.2 Å². The summed E-state index contributed by atoms with van der Waals surface area (Å²) in [5, 5.41) is 2.57. The first-order valence-electron chi connectivity index (χ1n) is 7.11. The summed E-state index contributed by atoms with van der Waals surface area (Å²) in [6, 6.07) is 5.44. The number of ether oxygens (including phenoxy) is 1. The Morgan fingerprint density at radius 3 is 2.48 bits per heavy atom. The van der Waals surface area contributed by atoms with E-state index in [0.29, 0.717) is 11.5 Å². The average molecular weight is 386 g/mol. The van der Waals surface area contributed by atoms with Gasteiger partial charge in [-0.2, -0.15) is 0 Å². The van der Waals surface area contributed by atoms with Crippen LogP contribution in [-0.2, 0) is 19.4 Å². The molecule has 2 aromatic rings. The zero-order valence-corrected chi connectivity index (χ0v) is 15.3. The lowest BCUT2D eigenvalue weighted by molar-refractivity contribution is -0.119. The van der Waals surface area contributed by atoms with Gasteiger partial charge in [-0.3, -0.25) is 4.79 Å². The number of sulfone groups is 1. The van der Waals surface area contributed by atoms with Crippen molar-refractivity contribution < 1.29 is 27.2 Å². The Labute approximate surface area is 149 Å². The highest BCUT2D eigenvalue weighted by Gasteiger charge is 2.17. The quantitative estimate of drug-likeness (QED) is 0.794. The predicted molar refractivity (Wildman–Crippen MR) is 91.7 cm³/mol. The molecule has 1 aromatic carbocycles. The second kappa shape index (κ2) is 7.28. The van der Waals surface area contributed by atoms with Crippen LogP contribution in [0.2, 0.25) is 5.02 Å². The third-order valence-corrected chi connectivity index (χ3v) is 4.68. The van der Waals surface area contributed by atoms with Crippen molar-refractivity contribution in [3.05, 3.63) is 46.4 Å². The van der Waals surface area contributed by atoms with Crippen molar-refractivity contribution in [2.45, 2.75) is 18.7 Å². The summed E-state index contributed by atoms with van der Waals surface area (Å²) in [6.07, 6.45) is 1.04. The lowest BCUT2D eigenvalue weighted by Crippen LogP contribution is -2.21. The standard InChI is InChI=1S/C16H16ClNO6S/c1-9-6-12(10(2)24-9)16(20)23-8-15(19)18-14-7-11(25(3,21)22)4-5-13(14)17/h4-7H,8H2,1-3H3,(H,18,19). The monoisotopic (exact) mass is 385 g/mol. The highest BCUT2D eigenvalue weighted by Crippen LogP contribution is 2.25. The Bertz CT molecular complexity index is 932. The van der Waals surface area contributed by atoms with Crippen LogP contribution >= 0.6 is 11.6 Å². The van der Waals surface area contributed by atoms with E-state index < -0.39 is 28.3 Å². The molecule has 25 heavy (non-hydrogen) atoms. The molecule has 0 radical (unpaired) electrons. The van der Waals surface area contributed by atoms with Gasteiger partial charge in [-0.05, 0) is 38.1 Å². The fourth-order valence-corrected chi connectivity index (χ4v) is 2.87. The largest absolute Gasteiger partial charge is 0.466 e. The number of furan rings is 1. The van der Waals surface area contributed by atoms with E-state index in [1.807, 2.05) is 0 Å². The number of anilines is 1. The number of aryl methyl sites for hydroxylation is 2. The molecule has 0 saturated heterocycles. The maximum atomic E-state index is 11.9. The second-order valence-corrected chi connectivity index (χ2v) is 7.79. The minimum absolute atomic E-state index is 0.00805. The number of halogens is 1. The van der Waals surface area contributed by atoms with Crippen LogP contribution in [0.4, 0.5) is 5.69 Å². The van der Waals surface area contributed by atoms with Gasteiger partial charge in [0.25, 0.3) is 5.91 Å². The highest BCUT2D eigenvalue weighted by atomic mass is 35.5. The number of rotatable bonds is 5. The summed E-state index contributed by atoms with van der Waals surface area (Å²) in [5.41, 5.74) is 0.350. The van der Waals surface area contributed by atoms with Gasteiger partial charge < -0.3 is 14.5 Å². The molecule has 0 unspecified atom stereocenters. The van der Waals surface area contributed by atoms with Crippen LogP contribution in [0.5, 0.6) is 0 Å². The van der Waals surface area contributed by atoms with E-state index in [9.17, 15) is 18.0 Å². The minimum atomic E-state index is -3.45. The Kier molecular flexibility index (Phi) is 5.54. The number of esters is 1. The van der Waals surface area contributed by atoms with E-state index in [1.165, 1.54) is 24.3 Å². The van der Waals surface area contributed by atoms with Crippen molar-refractivity contribution in [2.24, 2.45) is 0 Å². The van der Waals surface area contributed by atoms with Crippen molar-refractivity contribution in [1.82, 2.24) is 0 Å². The van der Waals surface area contributed by atoms with Crippen LogP contribution in [0.15, 0.2) is 33.6 Å². The van der Waals surface area contributed by atoms with Gasteiger partial charge in [0.2, 0.25) is 0 Å². The third-order valence-electron chi connectivity index (χ3n) is 3.24. The van der Waals surface area contributed by atoms with Crippen LogP contribution in [0.1, 0.15) is 21.9 Å². The highest BCUT2D eigenvalue weighted by molar-refractivity contribution is 7.90. The van der Waals surface area contributed by atoms with Gasteiger partial charge in [-0.25, -0.2) is 13.2 Å². The van der Waals surface area contributed by atoms with Gasteiger partial charge in [0, 0.05) is 6.26 Å². The van der Waals surface area contributed by atoms with Crippen molar-refractivity contribution in [3.8, 4) is 0 Å². The minimum Gasteiger partial charge on any atom is -0.466 e. The summed E-state index contributed by atoms with van der Waals surface area (Å²) in [4.78, 5) is 23.9. The number of benzene rings is 1. The number of nitrogens with one attached hydrogen (secondary N) is 1. The molecule has 1 amide bonds. The molecule has 0 aliphatic rings. The fourth-order valence-electron chi connectivity index (χ4n) is 2.06. The zero-order valence-electron chi connectivity index (χ0n) is 13.8. The molecule has 0 spiro atoms. The summed E-state index contributed by atoms with van der Waals surface area (Å²) in [6.45, 7) is 2.75. The predicted octanol–water partition coefficient (Wildman–Crippen LogP) is 2.75. The molecular formula is C16H16ClNO6S. The normalized spacial score (nSPS) is 11.2. The van der Waals surface area contributed by atoms with Gasteiger partial charge in [0.1, 0.15) is 17.1 Å². The van der Waals surface area contributed by atoms with Crippen LogP contribution < -0.4 is 5.32 Å². The second-order valence-electron chi connectivity index (χ2n) is 5.37. The molecule has 7 nitrogen and oxygen atoms in total. The first-order chi connectivity index (χ1) is 11.6. The van der Waals surface area contributed by atoms with Crippen LogP contribution in [0.3, 0.4) is 0 Å². The molecule has 2 rings (SSSR count). The van der Waals surface area contributed by atoms with E-state index in [2.05, 4.69) is 5.32 Å². The maximum absolute atomic E-state index is 11.9. The van der Waals surface area contributed by atoms with Crippen LogP contribution in [0, 0.1) is 13.8 Å². The van der Waals surface area contributed by atoms with Gasteiger partial charge in [0.05, 0.1) is 15.6 Å². The topological polar surface area (TPSA) is 103 Å². The van der Waals surface area contributed by atoms with Crippen molar-refractivity contribution in [2.75, 3.05) is 18.2 Å². The number of hydrogen-bond donors (Lipinski definition) is 1. The number of hydrogen-bond acceptors (Lipinski definition) is 6. The molecular weight excluding hydrogens is 370 g/mol. The van der Waals surface area contributed by atoms with Gasteiger partial charge in [0.15, 0.2) is 16.4 Å². The molecule has 1 heterocycles. The van der Waals surface area contributed by atoms with Gasteiger partial charge in [-0.1, -0.05) is 11.6 Å². The Balaban J connectivity index is 2.03. The number of carbonyl (C=O) groups is 2. The number of amides is 1. The Hall–Kier alpha value is -2.32. The van der Waals surface area contributed by atoms with E-state index in [0.717, 1.165) is 6.26 Å². The van der Waals surface area contributed by atoms with Gasteiger partial charge >= 0.3 is 5.97 Å². The average Bonchev–Trinajstić information content (AvgIpc) is 2.84. The van der Waals surface area contributed by atoms with E-state index in [1.54, 1.807) is 13.8 Å². The molecule has 0 fully saturated rings. The number of carbonyl (C=O) groups excluding carboxylic acids is 2.